The number of rotatable bonds is 5. The minimum Gasteiger partial charge on any atom is -0.481 e. The van der Waals surface area contributed by atoms with Crippen LogP contribution in [-0.4, -0.2) is 35.0 Å². The topological polar surface area (TPSA) is 86.7 Å². The number of carbonyl (C=O) groups excluding carboxylic acids is 2. The zero-order valence-electron chi connectivity index (χ0n) is 11.5. The highest BCUT2D eigenvalue weighted by Crippen LogP contribution is 2.08. The lowest BCUT2D eigenvalue weighted by atomic mass is 10.1. The molecule has 0 aromatic heterocycles. The number of aryl methyl sites for hydroxylation is 1. The van der Waals surface area contributed by atoms with Crippen LogP contribution in [0.4, 0.5) is 4.79 Å². The van der Waals surface area contributed by atoms with Gasteiger partial charge in [-0.25, -0.2) is 4.79 Å². The minimum absolute atomic E-state index is 0.0723. The second-order valence-corrected chi connectivity index (χ2v) is 4.45. The lowest BCUT2D eigenvalue weighted by Crippen LogP contribution is -2.39. The van der Waals surface area contributed by atoms with E-state index in [1.807, 2.05) is 24.3 Å². The normalized spacial score (nSPS) is 9.90. The second kappa shape index (κ2) is 7.28. The van der Waals surface area contributed by atoms with Gasteiger partial charge in [0, 0.05) is 26.9 Å². The van der Waals surface area contributed by atoms with E-state index in [0.29, 0.717) is 6.42 Å². The van der Waals surface area contributed by atoms with Gasteiger partial charge >= 0.3 is 12.0 Å². The molecule has 3 amide bonds. The Bertz CT molecular complexity index is 514. The minimum atomic E-state index is -0.841. The molecule has 2 N–H and O–H groups in total. The summed E-state index contributed by atoms with van der Waals surface area (Å²) in [6, 6.07) is 6.87. The molecule has 6 heteroatoms. The molecule has 1 aromatic rings. The van der Waals surface area contributed by atoms with Crippen molar-refractivity contribution < 1.29 is 19.5 Å². The summed E-state index contributed by atoms with van der Waals surface area (Å²) in [5, 5.41) is 11.3. The summed E-state index contributed by atoms with van der Waals surface area (Å²) >= 11 is 0. The first-order valence-corrected chi connectivity index (χ1v) is 6.22. The van der Waals surface area contributed by atoms with Gasteiger partial charge < -0.3 is 10.4 Å². The van der Waals surface area contributed by atoms with Crippen LogP contribution in [0, 0.1) is 0 Å². The van der Waals surface area contributed by atoms with E-state index in [2.05, 4.69) is 5.32 Å². The van der Waals surface area contributed by atoms with Crippen LogP contribution < -0.4 is 5.32 Å². The van der Waals surface area contributed by atoms with E-state index in [9.17, 15) is 14.4 Å². The van der Waals surface area contributed by atoms with Gasteiger partial charge in [-0.3, -0.25) is 14.5 Å². The molecule has 0 radical (unpaired) electrons. The van der Waals surface area contributed by atoms with Crippen LogP contribution in [0.3, 0.4) is 0 Å². The molecule has 0 unspecified atom stereocenters. The first-order valence-electron chi connectivity index (χ1n) is 6.22. The van der Waals surface area contributed by atoms with E-state index in [0.717, 1.165) is 16.0 Å². The van der Waals surface area contributed by atoms with Crippen LogP contribution in [0.25, 0.3) is 0 Å². The third-order valence-corrected chi connectivity index (χ3v) is 2.84. The van der Waals surface area contributed by atoms with Crippen molar-refractivity contribution in [2.75, 3.05) is 7.05 Å². The van der Waals surface area contributed by atoms with Crippen LogP contribution >= 0.6 is 0 Å². The lowest BCUT2D eigenvalue weighted by molar-refractivity contribution is -0.137. The number of aliphatic carboxylic acids is 1. The number of carboxylic acids is 1. The van der Waals surface area contributed by atoms with E-state index in [1.165, 1.54) is 14.0 Å². The van der Waals surface area contributed by atoms with Crippen molar-refractivity contribution in [3.8, 4) is 0 Å². The van der Waals surface area contributed by atoms with Crippen molar-refractivity contribution in [1.82, 2.24) is 10.2 Å². The molecule has 0 heterocycles. The summed E-state index contributed by atoms with van der Waals surface area (Å²) in [6.45, 7) is 1.60. The van der Waals surface area contributed by atoms with Crippen molar-refractivity contribution in [2.24, 2.45) is 0 Å². The van der Waals surface area contributed by atoms with Gasteiger partial charge in [0.25, 0.3) is 0 Å². The Morgan fingerprint density at radius 3 is 2.50 bits per heavy atom. The van der Waals surface area contributed by atoms with Crippen LogP contribution in [0.5, 0.6) is 0 Å². The number of carbonyl (C=O) groups is 3. The number of amides is 3. The largest absolute Gasteiger partial charge is 0.481 e. The number of imide groups is 1. The molecule has 0 spiro atoms. The summed E-state index contributed by atoms with van der Waals surface area (Å²) in [4.78, 5) is 34.1. The number of hydrogen-bond donors (Lipinski definition) is 2. The Morgan fingerprint density at radius 2 is 1.90 bits per heavy atom. The van der Waals surface area contributed by atoms with Crippen molar-refractivity contribution in [3.05, 3.63) is 35.4 Å². The first-order chi connectivity index (χ1) is 9.40. The molecule has 0 atom stereocenters. The van der Waals surface area contributed by atoms with E-state index in [1.54, 1.807) is 0 Å². The third-order valence-electron chi connectivity index (χ3n) is 2.84. The molecule has 20 heavy (non-hydrogen) atoms. The molecule has 0 aliphatic rings. The van der Waals surface area contributed by atoms with Gasteiger partial charge in [0.2, 0.25) is 5.91 Å². The number of carboxylic acid groups (broad SMARTS) is 1. The highest BCUT2D eigenvalue weighted by Gasteiger charge is 2.11. The molecule has 6 nitrogen and oxygen atoms in total. The lowest BCUT2D eigenvalue weighted by Gasteiger charge is -2.14. The highest BCUT2D eigenvalue weighted by molar-refractivity contribution is 5.92. The van der Waals surface area contributed by atoms with Crippen LogP contribution in [0.15, 0.2) is 24.3 Å². The Labute approximate surface area is 117 Å². The van der Waals surface area contributed by atoms with E-state index >= 15 is 0 Å². The summed E-state index contributed by atoms with van der Waals surface area (Å²) in [6.07, 6.45) is 0.521. The maximum atomic E-state index is 11.6. The van der Waals surface area contributed by atoms with Gasteiger partial charge in [-0.05, 0) is 17.5 Å². The predicted molar refractivity (Wildman–Crippen MR) is 73.1 cm³/mol. The summed E-state index contributed by atoms with van der Waals surface area (Å²) in [5.74, 6) is -1.18. The quantitative estimate of drug-likeness (QED) is 0.852. The van der Waals surface area contributed by atoms with Crippen LogP contribution in [0.2, 0.25) is 0 Å². The summed E-state index contributed by atoms with van der Waals surface area (Å²) in [5.41, 5.74) is 1.76. The predicted octanol–water partition coefficient (Wildman–Crippen LogP) is 1.39. The zero-order valence-corrected chi connectivity index (χ0v) is 11.5. The van der Waals surface area contributed by atoms with Crippen molar-refractivity contribution in [3.63, 3.8) is 0 Å². The molecule has 0 bridgehead atoms. The molecule has 1 aromatic carbocycles. The number of urea groups is 1. The Balaban J connectivity index is 2.56. The number of benzene rings is 1. The molecular formula is C14H18N2O4. The zero-order chi connectivity index (χ0) is 15.1. The molecule has 108 valence electrons. The van der Waals surface area contributed by atoms with Gasteiger partial charge in [-0.15, -0.1) is 0 Å². The molecule has 0 fully saturated rings. The molecule has 0 saturated carbocycles. The Kier molecular flexibility index (Phi) is 5.71. The monoisotopic (exact) mass is 278 g/mol. The van der Waals surface area contributed by atoms with E-state index in [-0.39, 0.29) is 18.9 Å². The summed E-state index contributed by atoms with van der Waals surface area (Å²) in [7, 11) is 1.40. The number of nitrogens with zero attached hydrogens (tertiary/aromatic N) is 1. The fourth-order valence-corrected chi connectivity index (χ4v) is 1.59. The summed E-state index contributed by atoms with van der Waals surface area (Å²) < 4.78 is 0. The molecule has 0 saturated heterocycles. The second-order valence-electron chi connectivity index (χ2n) is 4.45. The average molecular weight is 278 g/mol. The fourth-order valence-electron chi connectivity index (χ4n) is 1.59. The Hall–Kier alpha value is -2.37. The van der Waals surface area contributed by atoms with Gasteiger partial charge in [-0.2, -0.15) is 0 Å². The molecule has 0 aliphatic carbocycles. The molecule has 1 rings (SSSR count). The standard InChI is InChI=1S/C14H18N2O4/c1-10(17)16(2)14(20)15-9-12-5-3-4-11(8-12)6-7-13(18)19/h3-5,8H,6-7,9H2,1-2H3,(H,15,20)(H,18,19). The number of nitrogens with one attached hydrogen (secondary N) is 1. The van der Waals surface area contributed by atoms with Gasteiger partial charge in [-0.1, -0.05) is 24.3 Å². The molecule has 0 aliphatic heterocycles. The maximum absolute atomic E-state index is 11.6. The molecular weight excluding hydrogens is 260 g/mol. The van der Waals surface area contributed by atoms with Gasteiger partial charge in [0.1, 0.15) is 0 Å². The van der Waals surface area contributed by atoms with Crippen LogP contribution in [-0.2, 0) is 22.6 Å². The average Bonchev–Trinajstić information content (AvgIpc) is 2.42. The van der Waals surface area contributed by atoms with Gasteiger partial charge in [0.05, 0.1) is 0 Å². The van der Waals surface area contributed by atoms with Crippen molar-refractivity contribution in [2.45, 2.75) is 26.3 Å². The maximum Gasteiger partial charge on any atom is 0.324 e. The van der Waals surface area contributed by atoms with Crippen molar-refractivity contribution in [1.29, 1.82) is 0 Å². The van der Waals surface area contributed by atoms with E-state index in [4.69, 9.17) is 5.11 Å². The smallest absolute Gasteiger partial charge is 0.324 e. The third kappa shape index (κ3) is 5.09. The SMILES string of the molecule is CC(=O)N(C)C(=O)NCc1cccc(CCC(=O)O)c1. The fraction of sp³-hybridized carbons (Fsp3) is 0.357. The van der Waals surface area contributed by atoms with Gasteiger partial charge in [0.15, 0.2) is 0 Å². The number of hydrogen-bond acceptors (Lipinski definition) is 3. The van der Waals surface area contributed by atoms with Crippen LogP contribution in [0.1, 0.15) is 24.5 Å². The van der Waals surface area contributed by atoms with Crippen molar-refractivity contribution >= 4 is 17.9 Å². The highest BCUT2D eigenvalue weighted by atomic mass is 16.4. The van der Waals surface area contributed by atoms with E-state index < -0.39 is 12.0 Å². The Morgan fingerprint density at radius 1 is 1.25 bits per heavy atom. The first kappa shape index (κ1) is 15.7.